The Morgan fingerprint density at radius 2 is 1.73 bits per heavy atom. The van der Waals surface area contributed by atoms with Gasteiger partial charge in [-0.15, -0.1) is 0 Å². The van der Waals surface area contributed by atoms with Crippen molar-refractivity contribution in [2.45, 2.75) is 46.7 Å². The van der Waals surface area contributed by atoms with Gasteiger partial charge in [-0.3, -0.25) is 4.90 Å². The van der Waals surface area contributed by atoms with Crippen LogP contribution in [0.25, 0.3) is 0 Å². The second-order valence-electron chi connectivity index (χ2n) is 4.57. The van der Waals surface area contributed by atoms with Crippen molar-refractivity contribution in [1.29, 1.82) is 0 Å². The molecule has 3 atom stereocenters. The molecule has 1 nitrogen and oxygen atoms in total. The minimum atomic E-state index is 0.821. The first-order valence-corrected chi connectivity index (χ1v) is 4.79. The van der Waals surface area contributed by atoms with Crippen LogP contribution in [0.5, 0.6) is 0 Å². The van der Waals surface area contributed by atoms with E-state index in [2.05, 4.69) is 39.5 Å². The number of hydrogen-bond donors (Lipinski definition) is 0. The summed E-state index contributed by atoms with van der Waals surface area (Å²) in [5.41, 5.74) is 0. The number of rotatable bonds is 3. The Morgan fingerprint density at radius 3 is 2.00 bits per heavy atom. The van der Waals surface area contributed by atoms with E-state index in [9.17, 15) is 0 Å². The average molecular weight is 155 g/mol. The fourth-order valence-corrected chi connectivity index (χ4v) is 2.08. The second kappa shape index (κ2) is 3.14. The van der Waals surface area contributed by atoms with Crippen LogP contribution >= 0.6 is 0 Å². The van der Waals surface area contributed by atoms with E-state index in [1.165, 1.54) is 6.54 Å². The number of hydrogen-bond acceptors (Lipinski definition) is 1. The lowest BCUT2D eigenvalue weighted by molar-refractivity contribution is 0.385. The maximum absolute atomic E-state index is 2.61. The highest BCUT2D eigenvalue weighted by Crippen LogP contribution is 2.34. The van der Waals surface area contributed by atoms with E-state index < -0.39 is 0 Å². The molecule has 1 fully saturated rings. The third-order valence-electron chi connectivity index (χ3n) is 2.57. The SMILES string of the molecule is CC(C)CN1C(C)C1C(C)C. The molecule has 0 amide bonds. The standard InChI is InChI=1S/C10H21N/c1-7(2)6-11-9(5)10(11)8(3)4/h7-10H,6H2,1-5H3. The van der Waals surface area contributed by atoms with Crippen LogP contribution in [0.2, 0.25) is 0 Å². The minimum absolute atomic E-state index is 0.821. The Hall–Kier alpha value is -0.0400. The quantitative estimate of drug-likeness (QED) is 0.565. The van der Waals surface area contributed by atoms with Gasteiger partial charge in [0.1, 0.15) is 0 Å². The summed E-state index contributed by atoms with van der Waals surface area (Å²) >= 11 is 0. The van der Waals surface area contributed by atoms with Crippen LogP contribution in [-0.2, 0) is 0 Å². The highest BCUT2D eigenvalue weighted by atomic mass is 15.3. The summed E-state index contributed by atoms with van der Waals surface area (Å²) in [6, 6.07) is 1.72. The molecule has 3 unspecified atom stereocenters. The lowest BCUT2D eigenvalue weighted by Crippen LogP contribution is -2.12. The molecule has 0 N–H and O–H groups in total. The molecule has 1 rings (SSSR count). The first-order valence-electron chi connectivity index (χ1n) is 4.79. The predicted octanol–water partition coefficient (Wildman–Crippen LogP) is 2.37. The molecule has 0 aromatic heterocycles. The summed E-state index contributed by atoms with van der Waals surface area (Å²) in [4.78, 5) is 2.61. The monoisotopic (exact) mass is 155 g/mol. The molecule has 1 aliphatic heterocycles. The van der Waals surface area contributed by atoms with Crippen molar-refractivity contribution in [2.24, 2.45) is 11.8 Å². The summed E-state index contributed by atoms with van der Waals surface area (Å²) in [6.45, 7) is 12.9. The topological polar surface area (TPSA) is 3.01 Å². The van der Waals surface area contributed by atoms with Crippen LogP contribution in [0, 0.1) is 11.8 Å². The van der Waals surface area contributed by atoms with Crippen molar-refractivity contribution in [3.63, 3.8) is 0 Å². The van der Waals surface area contributed by atoms with Crippen LogP contribution < -0.4 is 0 Å². The first-order chi connectivity index (χ1) is 5.04. The van der Waals surface area contributed by atoms with Crippen molar-refractivity contribution in [1.82, 2.24) is 4.90 Å². The zero-order valence-electron chi connectivity index (χ0n) is 8.46. The molecule has 0 aromatic carbocycles. The maximum Gasteiger partial charge on any atom is 0.0275 e. The normalized spacial score (nSPS) is 36.8. The molecule has 1 heterocycles. The fourth-order valence-electron chi connectivity index (χ4n) is 2.08. The van der Waals surface area contributed by atoms with Crippen molar-refractivity contribution >= 4 is 0 Å². The van der Waals surface area contributed by atoms with E-state index in [-0.39, 0.29) is 0 Å². The molecule has 1 saturated heterocycles. The van der Waals surface area contributed by atoms with Gasteiger partial charge in [-0.1, -0.05) is 27.7 Å². The number of nitrogens with zero attached hydrogens (tertiary/aromatic N) is 1. The van der Waals surface area contributed by atoms with E-state index in [4.69, 9.17) is 0 Å². The van der Waals surface area contributed by atoms with Gasteiger partial charge < -0.3 is 0 Å². The minimum Gasteiger partial charge on any atom is -0.294 e. The third kappa shape index (κ3) is 1.96. The third-order valence-corrected chi connectivity index (χ3v) is 2.57. The van der Waals surface area contributed by atoms with Crippen molar-refractivity contribution in [2.75, 3.05) is 6.54 Å². The molecule has 0 spiro atoms. The summed E-state index contributed by atoms with van der Waals surface area (Å²) in [6.07, 6.45) is 0. The summed E-state index contributed by atoms with van der Waals surface area (Å²) in [5, 5.41) is 0. The molecule has 1 aliphatic rings. The Kier molecular flexibility index (Phi) is 2.58. The smallest absolute Gasteiger partial charge is 0.0275 e. The molecule has 0 saturated carbocycles. The predicted molar refractivity (Wildman–Crippen MR) is 49.6 cm³/mol. The van der Waals surface area contributed by atoms with Crippen LogP contribution in [0.4, 0.5) is 0 Å². The van der Waals surface area contributed by atoms with Crippen molar-refractivity contribution < 1.29 is 0 Å². The lowest BCUT2D eigenvalue weighted by atomic mass is 10.1. The summed E-state index contributed by atoms with van der Waals surface area (Å²) < 4.78 is 0. The maximum atomic E-state index is 2.61. The van der Waals surface area contributed by atoms with Gasteiger partial charge in [0.05, 0.1) is 0 Å². The summed E-state index contributed by atoms with van der Waals surface area (Å²) in [5.74, 6) is 1.66. The molecule has 0 aliphatic carbocycles. The highest BCUT2D eigenvalue weighted by molar-refractivity contribution is 5.00. The second-order valence-corrected chi connectivity index (χ2v) is 4.57. The average Bonchev–Trinajstić information content (AvgIpc) is 2.40. The van der Waals surface area contributed by atoms with Gasteiger partial charge in [-0.05, 0) is 18.8 Å². The molecule has 11 heavy (non-hydrogen) atoms. The fraction of sp³-hybridized carbons (Fsp3) is 1.00. The lowest BCUT2D eigenvalue weighted by Gasteiger charge is -2.07. The van der Waals surface area contributed by atoms with Crippen molar-refractivity contribution in [3.8, 4) is 0 Å². The zero-order valence-corrected chi connectivity index (χ0v) is 8.46. The van der Waals surface area contributed by atoms with Crippen LogP contribution in [-0.4, -0.2) is 23.5 Å². The van der Waals surface area contributed by atoms with Gasteiger partial charge in [0.15, 0.2) is 0 Å². The highest BCUT2D eigenvalue weighted by Gasteiger charge is 2.45. The van der Waals surface area contributed by atoms with E-state index in [0.29, 0.717) is 0 Å². The van der Waals surface area contributed by atoms with Gasteiger partial charge >= 0.3 is 0 Å². The van der Waals surface area contributed by atoms with Gasteiger partial charge in [0.2, 0.25) is 0 Å². The molecular weight excluding hydrogens is 134 g/mol. The van der Waals surface area contributed by atoms with Crippen molar-refractivity contribution in [3.05, 3.63) is 0 Å². The Labute approximate surface area is 70.8 Å². The van der Waals surface area contributed by atoms with Crippen LogP contribution in [0.1, 0.15) is 34.6 Å². The molecule has 1 heteroatoms. The van der Waals surface area contributed by atoms with Crippen LogP contribution in [0.3, 0.4) is 0 Å². The van der Waals surface area contributed by atoms with Gasteiger partial charge in [0, 0.05) is 18.6 Å². The largest absolute Gasteiger partial charge is 0.294 e. The van der Waals surface area contributed by atoms with E-state index >= 15 is 0 Å². The molecule has 66 valence electrons. The first kappa shape index (κ1) is 9.05. The Balaban J connectivity index is 2.30. The van der Waals surface area contributed by atoms with Gasteiger partial charge in [-0.2, -0.15) is 0 Å². The molecule has 0 bridgehead atoms. The van der Waals surface area contributed by atoms with Gasteiger partial charge in [0.25, 0.3) is 0 Å². The van der Waals surface area contributed by atoms with E-state index in [1.54, 1.807) is 0 Å². The van der Waals surface area contributed by atoms with Gasteiger partial charge in [-0.25, -0.2) is 0 Å². The Morgan fingerprint density at radius 1 is 1.18 bits per heavy atom. The molecule has 0 radical (unpaired) electrons. The van der Waals surface area contributed by atoms with Crippen LogP contribution in [0.15, 0.2) is 0 Å². The van der Waals surface area contributed by atoms with E-state index in [1.807, 2.05) is 0 Å². The zero-order chi connectivity index (χ0) is 8.59. The molecule has 0 aromatic rings. The molecular formula is C10H21N. The van der Waals surface area contributed by atoms with E-state index in [0.717, 1.165) is 23.9 Å². The Bertz CT molecular complexity index is 129. The summed E-state index contributed by atoms with van der Waals surface area (Å²) in [7, 11) is 0.